The van der Waals surface area contributed by atoms with Gasteiger partial charge in [-0.3, -0.25) is 0 Å². The van der Waals surface area contributed by atoms with E-state index in [2.05, 4.69) is 44.0 Å². The van der Waals surface area contributed by atoms with Crippen LogP contribution in [0.4, 0.5) is 0 Å². The summed E-state index contributed by atoms with van der Waals surface area (Å²) in [5.74, 6) is 0. The average Bonchev–Trinajstić information content (AvgIpc) is 2.35. The fourth-order valence-electron chi connectivity index (χ4n) is 1.29. The zero-order valence-electron chi connectivity index (χ0n) is 7.09. The van der Waals surface area contributed by atoms with E-state index in [-0.39, 0.29) is 0 Å². The molecule has 0 N–H and O–H groups in total. The molecule has 0 atom stereocenters. The van der Waals surface area contributed by atoms with Gasteiger partial charge in [0.05, 0.1) is 0 Å². The van der Waals surface area contributed by atoms with E-state index in [0.717, 1.165) is 4.90 Å². The predicted molar refractivity (Wildman–Crippen MR) is 58.6 cm³/mol. The molecule has 0 saturated heterocycles. The summed E-state index contributed by atoms with van der Waals surface area (Å²) >= 11 is 6.20. The molecule has 62 valence electrons. The Morgan fingerprint density at radius 1 is 1.17 bits per heavy atom. The Hall–Kier alpha value is -0.470. The van der Waals surface area contributed by atoms with E-state index >= 15 is 0 Å². The number of hydrogen-bond acceptors (Lipinski definition) is 2. The number of benzene rings is 1. The molecule has 0 aliphatic heterocycles. The highest BCUT2D eigenvalue weighted by Gasteiger charge is 2.02. The summed E-state index contributed by atoms with van der Waals surface area (Å²) in [4.78, 5) is 1.09. The van der Waals surface area contributed by atoms with Crippen molar-refractivity contribution in [2.45, 2.75) is 18.7 Å². The quantitative estimate of drug-likeness (QED) is 0.606. The highest BCUT2D eigenvalue weighted by Crippen LogP contribution is 2.29. The molecular formula is C10H10S2. The van der Waals surface area contributed by atoms with Gasteiger partial charge in [0.25, 0.3) is 0 Å². The van der Waals surface area contributed by atoms with E-state index < -0.39 is 0 Å². The maximum Gasteiger partial charge on any atom is 0.0348 e. The lowest BCUT2D eigenvalue weighted by molar-refractivity contribution is 1.34. The van der Waals surface area contributed by atoms with Crippen LogP contribution < -0.4 is 0 Å². The van der Waals surface area contributed by atoms with Gasteiger partial charge in [-0.25, -0.2) is 0 Å². The minimum Gasteiger partial charge on any atom is -0.144 e. The highest BCUT2D eigenvalue weighted by atomic mass is 32.1. The molecule has 0 bridgehead atoms. The Morgan fingerprint density at radius 2 is 1.92 bits per heavy atom. The third-order valence-electron chi connectivity index (χ3n) is 2.09. The van der Waals surface area contributed by atoms with Crippen molar-refractivity contribution in [3.05, 3.63) is 28.6 Å². The minimum absolute atomic E-state index is 1.09. The summed E-state index contributed by atoms with van der Waals surface area (Å²) in [5.41, 5.74) is 2.61. The lowest BCUT2D eigenvalue weighted by Crippen LogP contribution is -1.75. The molecule has 0 spiro atoms. The first-order chi connectivity index (χ1) is 5.68. The number of hydrogen-bond donors (Lipinski definition) is 1. The van der Waals surface area contributed by atoms with E-state index in [4.69, 9.17) is 0 Å². The second kappa shape index (κ2) is 2.79. The number of fused-ring (bicyclic) bond motifs is 1. The molecule has 12 heavy (non-hydrogen) atoms. The van der Waals surface area contributed by atoms with Gasteiger partial charge in [-0.1, -0.05) is 0 Å². The first-order valence-electron chi connectivity index (χ1n) is 3.86. The molecule has 0 aliphatic carbocycles. The van der Waals surface area contributed by atoms with Gasteiger partial charge in [0.2, 0.25) is 0 Å². The maximum atomic E-state index is 4.40. The van der Waals surface area contributed by atoms with Gasteiger partial charge in [0.15, 0.2) is 0 Å². The molecule has 1 heterocycles. The van der Waals surface area contributed by atoms with E-state index in [1.807, 2.05) is 0 Å². The molecular weight excluding hydrogens is 184 g/mol. The first kappa shape index (κ1) is 8.14. The van der Waals surface area contributed by atoms with Crippen molar-refractivity contribution in [2.75, 3.05) is 0 Å². The fourth-order valence-corrected chi connectivity index (χ4v) is 2.51. The Kier molecular flexibility index (Phi) is 1.89. The lowest BCUT2D eigenvalue weighted by Gasteiger charge is -1.98. The molecule has 0 radical (unpaired) electrons. The molecule has 2 aromatic rings. The zero-order chi connectivity index (χ0) is 8.72. The van der Waals surface area contributed by atoms with Crippen LogP contribution in [-0.4, -0.2) is 0 Å². The van der Waals surface area contributed by atoms with Crippen LogP contribution >= 0.6 is 24.0 Å². The molecule has 0 aliphatic rings. The molecule has 0 amide bonds. The maximum absolute atomic E-state index is 4.40. The van der Waals surface area contributed by atoms with E-state index in [0.29, 0.717) is 0 Å². The van der Waals surface area contributed by atoms with Gasteiger partial charge < -0.3 is 0 Å². The van der Waals surface area contributed by atoms with Crippen molar-refractivity contribution in [1.82, 2.24) is 0 Å². The monoisotopic (exact) mass is 194 g/mol. The Bertz CT molecular complexity index is 427. The van der Waals surface area contributed by atoms with Gasteiger partial charge >= 0.3 is 0 Å². The topological polar surface area (TPSA) is 0 Å². The molecule has 0 unspecified atom stereocenters. The summed E-state index contributed by atoms with van der Waals surface area (Å²) in [5, 5.41) is 3.53. The van der Waals surface area contributed by atoms with Crippen LogP contribution in [0.5, 0.6) is 0 Å². The van der Waals surface area contributed by atoms with Crippen molar-refractivity contribution >= 4 is 34.1 Å². The Balaban J connectivity index is 2.87. The Labute approximate surface area is 81.6 Å². The van der Waals surface area contributed by atoms with Gasteiger partial charge in [0, 0.05) is 9.60 Å². The number of thiol groups is 1. The number of rotatable bonds is 0. The number of thiophene rings is 1. The van der Waals surface area contributed by atoms with Crippen molar-refractivity contribution in [2.24, 2.45) is 0 Å². The van der Waals surface area contributed by atoms with Gasteiger partial charge in [-0.05, 0) is 47.9 Å². The summed E-state index contributed by atoms with van der Waals surface area (Å²) in [6.07, 6.45) is 0. The normalized spacial score (nSPS) is 10.9. The molecule has 0 fully saturated rings. The van der Waals surface area contributed by atoms with Crippen LogP contribution in [-0.2, 0) is 0 Å². The zero-order valence-corrected chi connectivity index (χ0v) is 8.80. The van der Waals surface area contributed by atoms with Crippen LogP contribution in [0.3, 0.4) is 0 Å². The summed E-state index contributed by atoms with van der Waals surface area (Å²) in [6, 6.07) is 4.36. The van der Waals surface area contributed by atoms with Crippen LogP contribution in [0.2, 0.25) is 0 Å². The number of aryl methyl sites for hydroxylation is 2. The van der Waals surface area contributed by atoms with Crippen molar-refractivity contribution in [3.63, 3.8) is 0 Å². The third-order valence-corrected chi connectivity index (χ3v) is 3.63. The SMILES string of the molecule is Cc1cc2scc(C)c2cc1S. The summed E-state index contributed by atoms with van der Waals surface area (Å²) < 4.78 is 1.36. The molecule has 0 saturated carbocycles. The van der Waals surface area contributed by atoms with Gasteiger partial charge in [-0.15, -0.1) is 24.0 Å². The standard InChI is InChI=1S/C10H10S2/c1-6-3-10-8(4-9(6)11)7(2)5-12-10/h3-5,11H,1-2H3. The Morgan fingerprint density at radius 3 is 2.67 bits per heavy atom. The van der Waals surface area contributed by atoms with Crippen LogP contribution in [0.1, 0.15) is 11.1 Å². The van der Waals surface area contributed by atoms with Gasteiger partial charge in [-0.2, -0.15) is 0 Å². The van der Waals surface area contributed by atoms with Crippen LogP contribution in [0.15, 0.2) is 22.4 Å². The fraction of sp³-hybridized carbons (Fsp3) is 0.200. The molecule has 2 rings (SSSR count). The molecule has 1 aromatic heterocycles. The molecule has 1 aromatic carbocycles. The predicted octanol–water partition coefficient (Wildman–Crippen LogP) is 3.81. The molecule has 0 nitrogen and oxygen atoms in total. The van der Waals surface area contributed by atoms with Gasteiger partial charge in [0.1, 0.15) is 0 Å². The smallest absolute Gasteiger partial charge is 0.0348 e. The second-order valence-electron chi connectivity index (χ2n) is 3.05. The second-order valence-corrected chi connectivity index (χ2v) is 4.45. The third kappa shape index (κ3) is 1.15. The average molecular weight is 194 g/mol. The highest BCUT2D eigenvalue weighted by molar-refractivity contribution is 7.80. The van der Waals surface area contributed by atoms with E-state index in [1.165, 1.54) is 21.2 Å². The van der Waals surface area contributed by atoms with Crippen LogP contribution in [0, 0.1) is 13.8 Å². The largest absolute Gasteiger partial charge is 0.144 e. The lowest BCUT2D eigenvalue weighted by atomic mass is 10.1. The van der Waals surface area contributed by atoms with E-state index in [9.17, 15) is 0 Å². The summed E-state index contributed by atoms with van der Waals surface area (Å²) in [6.45, 7) is 4.23. The summed E-state index contributed by atoms with van der Waals surface area (Å²) in [7, 11) is 0. The van der Waals surface area contributed by atoms with Crippen molar-refractivity contribution in [1.29, 1.82) is 0 Å². The molecule has 2 heteroatoms. The first-order valence-corrected chi connectivity index (χ1v) is 5.18. The van der Waals surface area contributed by atoms with Crippen molar-refractivity contribution < 1.29 is 0 Å². The minimum atomic E-state index is 1.09. The van der Waals surface area contributed by atoms with E-state index in [1.54, 1.807) is 11.3 Å². The van der Waals surface area contributed by atoms with Crippen molar-refractivity contribution in [3.8, 4) is 0 Å². The van der Waals surface area contributed by atoms with Crippen LogP contribution in [0.25, 0.3) is 10.1 Å².